The summed E-state index contributed by atoms with van der Waals surface area (Å²) in [7, 11) is 0. The van der Waals surface area contributed by atoms with Crippen LogP contribution in [0.25, 0.3) is 0 Å². The van der Waals surface area contributed by atoms with Crippen molar-refractivity contribution in [3.8, 4) is 11.8 Å². The van der Waals surface area contributed by atoms with Crippen molar-refractivity contribution < 1.29 is 9.13 Å². The van der Waals surface area contributed by atoms with Gasteiger partial charge in [0.05, 0.1) is 12.4 Å². The van der Waals surface area contributed by atoms with Crippen LogP contribution in [0.4, 0.5) is 4.39 Å². The van der Waals surface area contributed by atoms with Crippen LogP contribution in [0.1, 0.15) is 12.5 Å². The summed E-state index contributed by atoms with van der Waals surface area (Å²) >= 11 is 0. The van der Waals surface area contributed by atoms with Gasteiger partial charge in [-0.15, -0.1) is 0 Å². The third-order valence-corrected chi connectivity index (χ3v) is 2.14. The molecule has 0 N–H and O–H groups in total. The smallest absolute Gasteiger partial charge is 0.322 e. The summed E-state index contributed by atoms with van der Waals surface area (Å²) in [6, 6.07) is 7.76. The fourth-order valence-electron chi connectivity index (χ4n) is 1.25. The molecule has 0 saturated heterocycles. The van der Waals surface area contributed by atoms with Gasteiger partial charge in [-0.2, -0.15) is 0 Å². The number of benzene rings is 1. The van der Waals surface area contributed by atoms with E-state index in [-0.39, 0.29) is 6.01 Å². The Balaban J connectivity index is 2.11. The first kappa shape index (κ1) is 10.5. The predicted molar refractivity (Wildman–Crippen MR) is 57.9 cm³/mol. The Labute approximate surface area is 92.9 Å². The minimum atomic E-state index is -0.478. The molecule has 16 heavy (non-hydrogen) atoms. The molecule has 82 valence electrons. The minimum absolute atomic E-state index is 0.144. The molecule has 4 heteroatoms. The van der Waals surface area contributed by atoms with Crippen molar-refractivity contribution in [3.63, 3.8) is 0 Å². The largest absolute Gasteiger partial charge is 0.424 e. The fourth-order valence-corrected chi connectivity index (χ4v) is 1.25. The van der Waals surface area contributed by atoms with Crippen LogP contribution in [-0.2, 0) is 6.42 Å². The topological polar surface area (TPSA) is 35.0 Å². The van der Waals surface area contributed by atoms with E-state index in [1.807, 2.05) is 24.3 Å². The zero-order valence-electron chi connectivity index (χ0n) is 8.85. The molecule has 0 atom stereocenters. The van der Waals surface area contributed by atoms with E-state index in [4.69, 9.17) is 4.74 Å². The summed E-state index contributed by atoms with van der Waals surface area (Å²) in [6.07, 6.45) is 3.12. The Kier molecular flexibility index (Phi) is 3.10. The molecule has 0 bridgehead atoms. The van der Waals surface area contributed by atoms with Crippen molar-refractivity contribution >= 4 is 0 Å². The molecule has 0 unspecified atom stereocenters. The van der Waals surface area contributed by atoms with E-state index >= 15 is 0 Å². The van der Waals surface area contributed by atoms with Gasteiger partial charge in [0, 0.05) is 0 Å². The highest BCUT2D eigenvalue weighted by Crippen LogP contribution is 2.17. The van der Waals surface area contributed by atoms with E-state index in [0.29, 0.717) is 5.75 Å². The van der Waals surface area contributed by atoms with Gasteiger partial charge in [0.2, 0.25) is 0 Å². The van der Waals surface area contributed by atoms with E-state index < -0.39 is 5.82 Å². The Morgan fingerprint density at radius 3 is 2.31 bits per heavy atom. The highest BCUT2D eigenvalue weighted by Gasteiger charge is 2.00. The summed E-state index contributed by atoms with van der Waals surface area (Å²) < 4.78 is 17.9. The zero-order valence-corrected chi connectivity index (χ0v) is 8.85. The van der Waals surface area contributed by atoms with Crippen molar-refractivity contribution in [1.82, 2.24) is 9.97 Å². The third-order valence-electron chi connectivity index (χ3n) is 2.14. The standard InChI is InChI=1S/C12H11FN2O/c1-2-9-3-5-11(6-4-9)16-12-14-7-10(13)8-15-12/h3-8H,2H2,1H3. The summed E-state index contributed by atoms with van der Waals surface area (Å²) in [5, 5.41) is 0. The molecule has 0 fully saturated rings. The predicted octanol–water partition coefficient (Wildman–Crippen LogP) is 2.97. The van der Waals surface area contributed by atoms with Crippen molar-refractivity contribution in [2.75, 3.05) is 0 Å². The molecule has 1 heterocycles. The molecule has 1 aromatic heterocycles. The van der Waals surface area contributed by atoms with E-state index in [2.05, 4.69) is 16.9 Å². The molecule has 2 aromatic rings. The number of rotatable bonds is 3. The maximum absolute atomic E-state index is 12.5. The summed E-state index contributed by atoms with van der Waals surface area (Å²) in [4.78, 5) is 7.42. The maximum Gasteiger partial charge on any atom is 0.322 e. The summed E-state index contributed by atoms with van der Waals surface area (Å²) in [6.45, 7) is 2.08. The molecule has 0 saturated carbocycles. The molecular formula is C12H11FN2O. The Morgan fingerprint density at radius 1 is 1.12 bits per heavy atom. The van der Waals surface area contributed by atoms with Crippen LogP contribution >= 0.6 is 0 Å². The monoisotopic (exact) mass is 218 g/mol. The molecule has 2 rings (SSSR count). The SMILES string of the molecule is CCc1ccc(Oc2ncc(F)cn2)cc1. The highest BCUT2D eigenvalue weighted by molar-refractivity contribution is 5.28. The lowest BCUT2D eigenvalue weighted by atomic mass is 10.2. The van der Waals surface area contributed by atoms with Crippen molar-refractivity contribution in [3.05, 3.63) is 48.0 Å². The maximum atomic E-state index is 12.5. The van der Waals surface area contributed by atoms with E-state index in [1.165, 1.54) is 5.56 Å². The third kappa shape index (κ3) is 2.53. The van der Waals surface area contributed by atoms with Gasteiger partial charge in [-0.05, 0) is 24.1 Å². The average molecular weight is 218 g/mol. The quantitative estimate of drug-likeness (QED) is 0.794. The summed E-state index contributed by atoms with van der Waals surface area (Å²) in [5.74, 6) is 0.164. The van der Waals surface area contributed by atoms with Gasteiger partial charge in [0.1, 0.15) is 5.75 Å². The second kappa shape index (κ2) is 4.70. The zero-order chi connectivity index (χ0) is 11.4. The van der Waals surface area contributed by atoms with Gasteiger partial charge < -0.3 is 4.74 Å². The second-order valence-electron chi connectivity index (χ2n) is 3.28. The lowest BCUT2D eigenvalue weighted by Crippen LogP contribution is -1.92. The van der Waals surface area contributed by atoms with Gasteiger partial charge in [0.15, 0.2) is 5.82 Å². The van der Waals surface area contributed by atoms with E-state index in [9.17, 15) is 4.39 Å². The average Bonchev–Trinajstić information content (AvgIpc) is 2.33. The number of hydrogen-bond donors (Lipinski definition) is 0. The fraction of sp³-hybridized carbons (Fsp3) is 0.167. The van der Waals surface area contributed by atoms with Crippen molar-refractivity contribution in [1.29, 1.82) is 0 Å². The summed E-state index contributed by atoms with van der Waals surface area (Å²) in [5.41, 5.74) is 1.23. The normalized spacial score (nSPS) is 10.1. The number of hydrogen-bond acceptors (Lipinski definition) is 3. The van der Waals surface area contributed by atoms with Gasteiger partial charge >= 0.3 is 6.01 Å². The van der Waals surface area contributed by atoms with Crippen LogP contribution in [0.15, 0.2) is 36.7 Å². The molecule has 0 aliphatic heterocycles. The molecular weight excluding hydrogens is 207 g/mol. The van der Waals surface area contributed by atoms with Crippen LogP contribution in [0.5, 0.6) is 11.8 Å². The van der Waals surface area contributed by atoms with Crippen LogP contribution in [0, 0.1) is 5.82 Å². The van der Waals surface area contributed by atoms with E-state index in [1.54, 1.807) is 0 Å². The molecule has 0 radical (unpaired) electrons. The van der Waals surface area contributed by atoms with Crippen molar-refractivity contribution in [2.24, 2.45) is 0 Å². The van der Waals surface area contributed by atoms with Gasteiger partial charge in [-0.25, -0.2) is 14.4 Å². The molecule has 3 nitrogen and oxygen atoms in total. The molecule has 0 spiro atoms. The number of nitrogens with zero attached hydrogens (tertiary/aromatic N) is 2. The lowest BCUT2D eigenvalue weighted by molar-refractivity contribution is 0.436. The van der Waals surface area contributed by atoms with Crippen LogP contribution < -0.4 is 4.74 Å². The first-order chi connectivity index (χ1) is 7.78. The van der Waals surface area contributed by atoms with Crippen LogP contribution in [0.2, 0.25) is 0 Å². The van der Waals surface area contributed by atoms with E-state index in [0.717, 1.165) is 18.8 Å². The highest BCUT2D eigenvalue weighted by atomic mass is 19.1. The van der Waals surface area contributed by atoms with Gasteiger partial charge in [-0.3, -0.25) is 0 Å². The lowest BCUT2D eigenvalue weighted by Gasteiger charge is -2.03. The molecule has 1 aromatic carbocycles. The Hall–Kier alpha value is -1.97. The second-order valence-corrected chi connectivity index (χ2v) is 3.28. The number of aromatic nitrogens is 2. The van der Waals surface area contributed by atoms with Crippen LogP contribution in [0.3, 0.4) is 0 Å². The number of halogens is 1. The first-order valence-corrected chi connectivity index (χ1v) is 5.02. The number of aryl methyl sites for hydroxylation is 1. The van der Waals surface area contributed by atoms with Gasteiger partial charge in [-0.1, -0.05) is 19.1 Å². The molecule has 0 aliphatic carbocycles. The Bertz CT molecular complexity index is 453. The van der Waals surface area contributed by atoms with Crippen molar-refractivity contribution in [2.45, 2.75) is 13.3 Å². The first-order valence-electron chi connectivity index (χ1n) is 5.02. The molecule has 0 aliphatic rings. The minimum Gasteiger partial charge on any atom is -0.424 e. The Morgan fingerprint density at radius 2 is 1.75 bits per heavy atom. The molecule has 0 amide bonds. The number of ether oxygens (including phenoxy) is 1. The van der Waals surface area contributed by atoms with Gasteiger partial charge in [0.25, 0.3) is 0 Å². The van der Waals surface area contributed by atoms with Crippen LogP contribution in [-0.4, -0.2) is 9.97 Å².